The van der Waals surface area contributed by atoms with E-state index < -0.39 is 43.4 Å². The lowest BCUT2D eigenvalue weighted by Gasteiger charge is -2.39. The standard InChI is InChI=1S/C51H54BrFN11O5P/c1-60-29-32(27-55-60)34-24-40(57-51-54-28-37(52)47(59-51)56-39-10-9-31-7-5-6-8-33(31)46(39)70(3)4)44(69-2)26-42(34)63-21-19-61(20-22-63)16-13-30-14-17-62(18-15-30)43-25-36-35(23-38(43)53)49(67)64(50(36)68)41-11-12-45(65)58-48(41)66/h5-10,23-30,41H,11-22H2,1-4H3,(H,58,65,66)(H2,54,56,57,59). The number of amides is 4. The molecular formula is C51H54BrFN11O5P. The van der Waals surface area contributed by atoms with Gasteiger partial charge in [-0.15, -0.1) is 0 Å². The van der Waals surface area contributed by atoms with Gasteiger partial charge in [0.05, 0.1) is 40.3 Å². The lowest BCUT2D eigenvalue weighted by Crippen LogP contribution is -2.54. The summed E-state index contributed by atoms with van der Waals surface area (Å²) in [4.78, 5) is 68.2. The lowest BCUT2D eigenvalue weighted by molar-refractivity contribution is -0.136. The van der Waals surface area contributed by atoms with Crippen molar-refractivity contribution in [2.45, 2.75) is 38.1 Å². The Hall–Kier alpha value is -6.49. The van der Waals surface area contributed by atoms with E-state index in [-0.39, 0.29) is 29.7 Å². The van der Waals surface area contributed by atoms with Crippen molar-refractivity contribution >= 4 is 98.1 Å². The van der Waals surface area contributed by atoms with Crippen LogP contribution in [0.4, 0.5) is 38.9 Å². The van der Waals surface area contributed by atoms with Gasteiger partial charge in [-0.05, 0) is 102 Å². The Balaban J connectivity index is 0.779. The third-order valence-electron chi connectivity index (χ3n) is 14.0. The number of aryl methyl sites for hydroxylation is 1. The summed E-state index contributed by atoms with van der Waals surface area (Å²) < 4.78 is 24.2. The molecule has 0 saturated carbocycles. The van der Waals surface area contributed by atoms with Gasteiger partial charge >= 0.3 is 0 Å². The third-order valence-corrected chi connectivity index (χ3v) is 15.9. The number of carbonyl (C=O) groups excluding carboxylic acids is 4. The lowest BCUT2D eigenvalue weighted by atomic mass is 9.92. The van der Waals surface area contributed by atoms with E-state index in [9.17, 15) is 19.2 Å². The van der Waals surface area contributed by atoms with Crippen LogP contribution in [0, 0.1) is 11.7 Å². The summed E-state index contributed by atoms with van der Waals surface area (Å²) in [5, 5.41) is 17.5. The Bertz CT molecular complexity index is 3040. The molecule has 0 spiro atoms. The fourth-order valence-corrected chi connectivity index (χ4v) is 11.8. The number of rotatable bonds is 13. The Morgan fingerprint density at radius 3 is 2.30 bits per heavy atom. The zero-order chi connectivity index (χ0) is 48.8. The topological polar surface area (TPSA) is 170 Å². The van der Waals surface area contributed by atoms with Crippen LogP contribution in [-0.4, -0.2) is 125 Å². The maximum absolute atomic E-state index is 15.6. The van der Waals surface area contributed by atoms with Crippen LogP contribution in [0.3, 0.4) is 0 Å². The predicted octanol–water partition coefficient (Wildman–Crippen LogP) is 7.62. The number of methoxy groups -OCH3 is 1. The number of fused-ring (bicyclic) bond motifs is 2. The maximum Gasteiger partial charge on any atom is 0.262 e. The number of hydrogen-bond donors (Lipinski definition) is 3. The highest BCUT2D eigenvalue weighted by molar-refractivity contribution is 9.10. The number of aromatic nitrogens is 4. The summed E-state index contributed by atoms with van der Waals surface area (Å²) in [5.41, 5.74) is 5.08. The number of anilines is 6. The molecule has 6 heterocycles. The molecule has 16 nitrogen and oxygen atoms in total. The Labute approximate surface area is 414 Å². The molecule has 3 fully saturated rings. The van der Waals surface area contributed by atoms with Crippen molar-refractivity contribution in [3.8, 4) is 16.9 Å². The Morgan fingerprint density at radius 2 is 1.59 bits per heavy atom. The highest BCUT2D eigenvalue weighted by Gasteiger charge is 2.45. The van der Waals surface area contributed by atoms with Gasteiger partial charge in [0.2, 0.25) is 17.8 Å². The summed E-state index contributed by atoms with van der Waals surface area (Å²) >= 11 is 3.68. The first kappa shape index (κ1) is 47.2. The van der Waals surface area contributed by atoms with Crippen LogP contribution in [0.15, 0.2) is 83.7 Å². The van der Waals surface area contributed by atoms with Gasteiger partial charge in [-0.3, -0.25) is 39.0 Å². The smallest absolute Gasteiger partial charge is 0.262 e. The molecule has 10 rings (SSSR count). The molecule has 4 aliphatic heterocycles. The van der Waals surface area contributed by atoms with Gasteiger partial charge < -0.3 is 25.2 Å². The van der Waals surface area contributed by atoms with Gasteiger partial charge in [-0.25, -0.2) is 9.37 Å². The molecule has 2 aromatic heterocycles. The molecule has 0 bridgehead atoms. The number of nitrogens with zero attached hydrogens (tertiary/aromatic N) is 8. The number of hydrogen-bond acceptors (Lipinski definition) is 13. The number of benzene rings is 4. The van der Waals surface area contributed by atoms with Crippen molar-refractivity contribution in [3.63, 3.8) is 0 Å². The second-order valence-corrected chi connectivity index (χ2v) is 21.6. The van der Waals surface area contributed by atoms with Gasteiger partial charge in [0.15, 0.2) is 0 Å². The third kappa shape index (κ3) is 9.31. The van der Waals surface area contributed by atoms with Gasteiger partial charge in [-0.2, -0.15) is 10.1 Å². The summed E-state index contributed by atoms with van der Waals surface area (Å²) in [5.74, 6) is -0.899. The quantitative estimate of drug-likeness (QED) is 0.0764. The SMILES string of the molecule is COc1cc(N2CCN(CCC3CCN(c4cc5c(cc4F)C(=O)N(C4CCC(=O)NC4=O)C5=O)CC3)CC2)c(-c2cnn(C)c2)cc1Nc1ncc(Br)c(Nc2ccc3ccccc3c2P(C)C)n1. The summed E-state index contributed by atoms with van der Waals surface area (Å²) in [6, 6.07) is 18.4. The van der Waals surface area contributed by atoms with Gasteiger partial charge in [0.1, 0.15) is 23.4 Å². The summed E-state index contributed by atoms with van der Waals surface area (Å²) in [7, 11) is 3.15. The highest BCUT2D eigenvalue weighted by Crippen LogP contribution is 2.42. The minimum Gasteiger partial charge on any atom is -0.494 e. The van der Waals surface area contributed by atoms with E-state index in [0.717, 1.165) is 95.6 Å². The maximum atomic E-state index is 15.6. The largest absolute Gasteiger partial charge is 0.494 e. The van der Waals surface area contributed by atoms with Crippen molar-refractivity contribution in [3.05, 3.63) is 101 Å². The normalized spacial score (nSPS) is 18.0. The van der Waals surface area contributed by atoms with Crippen molar-refractivity contribution < 1.29 is 28.3 Å². The van der Waals surface area contributed by atoms with Crippen molar-refractivity contribution in [2.75, 3.05) is 86.7 Å². The predicted molar refractivity (Wildman–Crippen MR) is 275 cm³/mol. The fourth-order valence-electron chi connectivity index (χ4n) is 10.3. The van der Waals surface area contributed by atoms with E-state index in [1.165, 1.54) is 22.1 Å². The number of piperazine rings is 1. The van der Waals surface area contributed by atoms with E-state index in [1.54, 1.807) is 18.0 Å². The first-order valence-corrected chi connectivity index (χ1v) is 26.6. The first-order chi connectivity index (χ1) is 33.8. The van der Waals surface area contributed by atoms with Crippen molar-refractivity contribution in [1.29, 1.82) is 0 Å². The number of ether oxygens (including phenoxy) is 1. The van der Waals surface area contributed by atoms with Gasteiger partial charge in [0.25, 0.3) is 11.8 Å². The Kier molecular flexibility index (Phi) is 13.3. The van der Waals surface area contributed by atoms with E-state index >= 15 is 4.39 Å². The van der Waals surface area contributed by atoms with Crippen LogP contribution < -0.4 is 35.8 Å². The van der Waals surface area contributed by atoms with Gasteiger partial charge in [-0.1, -0.05) is 38.3 Å². The van der Waals surface area contributed by atoms with Gasteiger partial charge in [0, 0.05) is 99.0 Å². The highest BCUT2D eigenvalue weighted by atomic mass is 79.9. The molecule has 6 aromatic rings. The van der Waals surface area contributed by atoms with E-state index in [0.29, 0.717) is 36.5 Å². The fraction of sp³-hybridized carbons (Fsp3) is 0.353. The zero-order valence-corrected chi connectivity index (χ0v) is 41.9. The molecule has 4 aromatic carbocycles. The molecule has 4 aliphatic rings. The molecule has 0 aliphatic carbocycles. The molecule has 19 heteroatoms. The van der Waals surface area contributed by atoms with Crippen molar-refractivity contribution in [2.24, 2.45) is 13.0 Å². The van der Waals surface area contributed by atoms with Crippen LogP contribution in [0.5, 0.6) is 5.75 Å². The zero-order valence-electron chi connectivity index (χ0n) is 39.5. The molecule has 1 atom stereocenters. The van der Waals surface area contributed by atoms with E-state index in [1.807, 2.05) is 24.3 Å². The van der Waals surface area contributed by atoms with E-state index in [2.05, 4.69) is 114 Å². The minimum absolute atomic E-state index is 0.0184. The van der Waals surface area contributed by atoms with Crippen LogP contribution in [0.25, 0.3) is 21.9 Å². The molecule has 0 radical (unpaired) electrons. The Morgan fingerprint density at radius 1 is 0.843 bits per heavy atom. The monoisotopic (exact) mass is 1030 g/mol. The number of halogens is 2. The first-order valence-electron chi connectivity index (χ1n) is 23.6. The van der Waals surface area contributed by atoms with Crippen molar-refractivity contribution in [1.82, 2.24) is 34.9 Å². The number of carbonyl (C=O) groups is 4. The minimum atomic E-state index is -1.10. The molecular weight excluding hydrogens is 977 g/mol. The second-order valence-electron chi connectivity index (χ2n) is 18.5. The van der Waals surface area contributed by atoms with Crippen LogP contribution in [-0.2, 0) is 16.6 Å². The van der Waals surface area contributed by atoms with Crippen LogP contribution >= 0.6 is 23.9 Å². The second kappa shape index (κ2) is 19.7. The number of nitrogens with one attached hydrogen (secondary N) is 3. The number of piperidine rings is 2. The van der Waals surface area contributed by atoms with Crippen LogP contribution in [0.1, 0.15) is 52.8 Å². The molecule has 3 N–H and O–H groups in total. The molecule has 70 heavy (non-hydrogen) atoms. The molecule has 1 unspecified atom stereocenters. The summed E-state index contributed by atoms with van der Waals surface area (Å²) in [6.07, 6.45) is 8.46. The number of imide groups is 2. The van der Waals surface area contributed by atoms with Crippen LogP contribution in [0.2, 0.25) is 0 Å². The summed E-state index contributed by atoms with van der Waals surface area (Å²) in [6.45, 7) is 10.1. The molecule has 362 valence electrons. The average Bonchev–Trinajstić information content (AvgIpc) is 3.90. The van der Waals surface area contributed by atoms with E-state index in [4.69, 9.17) is 9.72 Å². The average molecular weight is 1030 g/mol. The molecule has 4 amide bonds. The molecule has 3 saturated heterocycles.